The molecular weight excluding hydrogens is 448 g/mol. The average molecular weight is 478 g/mol. The molecule has 6 heteroatoms. The van der Waals surface area contributed by atoms with Gasteiger partial charge in [0.05, 0.1) is 7.11 Å². The van der Waals surface area contributed by atoms with Crippen LogP contribution < -0.4 is 15.2 Å². The summed E-state index contributed by atoms with van der Waals surface area (Å²) in [5.74, 6) is 1.28. The summed E-state index contributed by atoms with van der Waals surface area (Å²) in [7, 11) is 1.59. The van der Waals surface area contributed by atoms with Crippen molar-refractivity contribution in [3.8, 4) is 22.6 Å². The van der Waals surface area contributed by atoms with Crippen LogP contribution in [0.4, 0.5) is 8.78 Å². The third kappa shape index (κ3) is 4.63. The van der Waals surface area contributed by atoms with E-state index in [1.807, 2.05) is 49.4 Å². The van der Waals surface area contributed by atoms with E-state index in [1.165, 1.54) is 0 Å². The van der Waals surface area contributed by atoms with Crippen LogP contribution in [0.15, 0.2) is 59.0 Å². The van der Waals surface area contributed by atoms with Gasteiger partial charge in [-0.25, -0.2) is 8.78 Å². The van der Waals surface area contributed by atoms with Crippen molar-refractivity contribution in [3.63, 3.8) is 0 Å². The zero-order valence-electron chi connectivity index (χ0n) is 19.9. The number of furan rings is 1. The van der Waals surface area contributed by atoms with E-state index >= 15 is 0 Å². The van der Waals surface area contributed by atoms with Crippen molar-refractivity contribution in [3.05, 3.63) is 82.6 Å². The van der Waals surface area contributed by atoms with Gasteiger partial charge in [0, 0.05) is 23.6 Å². The van der Waals surface area contributed by atoms with Gasteiger partial charge in [0.1, 0.15) is 23.7 Å². The zero-order valence-corrected chi connectivity index (χ0v) is 19.9. The van der Waals surface area contributed by atoms with Gasteiger partial charge in [0.2, 0.25) is 0 Å². The third-order valence-electron chi connectivity index (χ3n) is 6.69. The minimum atomic E-state index is -2.74. The molecule has 4 nitrogen and oxygen atoms in total. The second-order valence-electron chi connectivity index (χ2n) is 8.98. The molecule has 1 aliphatic carbocycles. The number of hydrogen-bond acceptors (Lipinski definition) is 4. The quantitative estimate of drug-likeness (QED) is 0.271. The molecule has 0 bridgehead atoms. The summed E-state index contributed by atoms with van der Waals surface area (Å²) in [5, 5.41) is 0.679. The van der Waals surface area contributed by atoms with Gasteiger partial charge < -0.3 is 19.6 Å². The first-order chi connectivity index (χ1) is 17.0. The van der Waals surface area contributed by atoms with Gasteiger partial charge in [0.25, 0.3) is 6.43 Å². The Balaban J connectivity index is 1.62. The maximum Gasteiger partial charge on any atom is 0.295 e. The molecular formula is C29H29F2NO3. The molecule has 0 saturated heterocycles. The smallest absolute Gasteiger partial charge is 0.295 e. The predicted octanol–water partition coefficient (Wildman–Crippen LogP) is 7.52. The lowest BCUT2D eigenvalue weighted by Crippen LogP contribution is -2.01. The monoisotopic (exact) mass is 477 g/mol. The number of methoxy groups -OCH3 is 1. The topological polar surface area (TPSA) is 57.6 Å². The van der Waals surface area contributed by atoms with E-state index < -0.39 is 6.43 Å². The van der Waals surface area contributed by atoms with E-state index in [0.717, 1.165) is 47.1 Å². The van der Waals surface area contributed by atoms with Crippen molar-refractivity contribution in [2.45, 2.75) is 51.7 Å². The Labute approximate surface area is 203 Å². The molecule has 0 radical (unpaired) electrons. The average Bonchev–Trinajstić information content (AvgIpc) is 3.67. The van der Waals surface area contributed by atoms with Crippen LogP contribution in [0, 0.1) is 0 Å². The van der Waals surface area contributed by atoms with Crippen molar-refractivity contribution in [2.75, 3.05) is 7.11 Å². The van der Waals surface area contributed by atoms with Gasteiger partial charge in [-0.2, -0.15) is 0 Å². The Morgan fingerprint density at radius 3 is 2.57 bits per heavy atom. The van der Waals surface area contributed by atoms with E-state index in [4.69, 9.17) is 19.6 Å². The Morgan fingerprint density at radius 1 is 1.06 bits per heavy atom. The van der Waals surface area contributed by atoms with Gasteiger partial charge in [-0.1, -0.05) is 31.2 Å². The number of ether oxygens (including phenoxy) is 2. The summed E-state index contributed by atoms with van der Waals surface area (Å²) in [6, 6.07) is 17.6. The molecule has 1 heterocycles. The summed E-state index contributed by atoms with van der Waals surface area (Å²) < 4.78 is 45.6. The summed E-state index contributed by atoms with van der Waals surface area (Å²) in [5.41, 5.74) is 11.7. The molecule has 0 atom stereocenters. The first kappa shape index (κ1) is 23.4. The van der Waals surface area contributed by atoms with E-state index in [-0.39, 0.29) is 12.4 Å². The number of fused-ring (bicyclic) bond motifs is 1. The fourth-order valence-corrected chi connectivity index (χ4v) is 4.60. The highest BCUT2D eigenvalue weighted by Gasteiger charge is 2.31. The fraction of sp³-hybridized carbons (Fsp3) is 0.310. The fourth-order valence-electron chi connectivity index (χ4n) is 4.60. The molecule has 35 heavy (non-hydrogen) atoms. The zero-order chi connectivity index (χ0) is 24.5. The van der Waals surface area contributed by atoms with Crippen molar-refractivity contribution in [1.29, 1.82) is 0 Å². The number of halogens is 2. The van der Waals surface area contributed by atoms with Crippen molar-refractivity contribution in [1.82, 2.24) is 0 Å². The van der Waals surface area contributed by atoms with Crippen LogP contribution in [0.25, 0.3) is 22.1 Å². The number of benzene rings is 3. The van der Waals surface area contributed by atoms with Crippen LogP contribution in [-0.4, -0.2) is 7.11 Å². The lowest BCUT2D eigenvalue weighted by molar-refractivity contribution is 0.120. The van der Waals surface area contributed by atoms with Gasteiger partial charge in [-0.05, 0) is 77.3 Å². The first-order valence-electron chi connectivity index (χ1n) is 12.0. The summed E-state index contributed by atoms with van der Waals surface area (Å²) in [4.78, 5) is 0. The summed E-state index contributed by atoms with van der Waals surface area (Å²) >= 11 is 0. The molecule has 1 fully saturated rings. The van der Waals surface area contributed by atoms with E-state index in [1.54, 1.807) is 13.2 Å². The molecule has 0 amide bonds. The Bertz CT molecular complexity index is 1360. The molecule has 1 aliphatic rings. The van der Waals surface area contributed by atoms with Crippen LogP contribution in [0.3, 0.4) is 0 Å². The molecule has 4 aromatic rings. The van der Waals surface area contributed by atoms with Crippen LogP contribution in [0.5, 0.6) is 11.5 Å². The molecule has 0 unspecified atom stereocenters. The van der Waals surface area contributed by atoms with Crippen LogP contribution in [0.2, 0.25) is 0 Å². The molecule has 0 spiro atoms. The lowest BCUT2D eigenvalue weighted by atomic mass is 9.96. The van der Waals surface area contributed by atoms with Crippen molar-refractivity contribution >= 4 is 11.0 Å². The van der Waals surface area contributed by atoms with Crippen LogP contribution in [-0.2, 0) is 19.6 Å². The Morgan fingerprint density at radius 2 is 1.89 bits per heavy atom. The van der Waals surface area contributed by atoms with Crippen LogP contribution in [0.1, 0.15) is 60.1 Å². The highest BCUT2D eigenvalue weighted by atomic mass is 19.3. The van der Waals surface area contributed by atoms with Gasteiger partial charge >= 0.3 is 0 Å². The van der Waals surface area contributed by atoms with E-state index in [2.05, 4.69) is 6.07 Å². The normalized spacial score (nSPS) is 13.5. The standard InChI is InChI=1S/C29H29F2NO3/c1-3-18-9-10-22(33-2)14-26(18)34-16-25-24-13-21(20-6-4-5-17(11-20)15-32)12-23(19-7-8-19)27(24)35-28(25)29(30)31/h4-6,9-14,19,29H,3,7-8,15-16,32H2,1-2H3. The van der Waals surface area contributed by atoms with Gasteiger partial charge in [0.15, 0.2) is 5.76 Å². The highest BCUT2D eigenvalue weighted by Crippen LogP contribution is 2.47. The largest absolute Gasteiger partial charge is 0.497 e. The minimum absolute atomic E-state index is 0.0246. The summed E-state index contributed by atoms with van der Waals surface area (Å²) in [6.07, 6.45) is 0.0668. The Kier molecular flexibility index (Phi) is 6.48. The first-order valence-corrected chi connectivity index (χ1v) is 12.0. The maximum absolute atomic E-state index is 14.1. The van der Waals surface area contributed by atoms with E-state index in [0.29, 0.717) is 40.5 Å². The predicted molar refractivity (Wildman–Crippen MR) is 133 cm³/mol. The van der Waals surface area contributed by atoms with Gasteiger partial charge in [-0.15, -0.1) is 0 Å². The number of aryl methyl sites for hydroxylation is 1. The van der Waals surface area contributed by atoms with Crippen molar-refractivity contribution < 1.29 is 22.7 Å². The number of rotatable bonds is 9. The number of hydrogen-bond donors (Lipinski definition) is 1. The Hall–Kier alpha value is -3.38. The molecule has 0 aliphatic heterocycles. The molecule has 1 saturated carbocycles. The molecule has 1 aromatic heterocycles. The molecule has 182 valence electrons. The lowest BCUT2D eigenvalue weighted by Gasteiger charge is -2.13. The molecule has 2 N–H and O–H groups in total. The summed E-state index contributed by atoms with van der Waals surface area (Å²) in [6.45, 7) is 2.44. The maximum atomic E-state index is 14.1. The molecule has 5 rings (SSSR count). The van der Waals surface area contributed by atoms with E-state index in [9.17, 15) is 8.78 Å². The number of nitrogens with two attached hydrogens (primary N) is 1. The third-order valence-corrected chi connectivity index (χ3v) is 6.69. The second kappa shape index (κ2) is 9.70. The highest BCUT2D eigenvalue weighted by molar-refractivity contribution is 5.90. The SMILES string of the molecule is CCc1ccc(OC)cc1OCc1c(C(F)F)oc2c(C3CC3)cc(-c3cccc(CN)c3)cc12. The van der Waals surface area contributed by atoms with Crippen molar-refractivity contribution in [2.24, 2.45) is 5.73 Å². The number of alkyl halides is 2. The minimum Gasteiger partial charge on any atom is -0.497 e. The molecule has 3 aromatic carbocycles. The van der Waals surface area contributed by atoms with Crippen LogP contribution >= 0.6 is 0 Å². The van der Waals surface area contributed by atoms with Gasteiger partial charge in [-0.3, -0.25) is 0 Å². The second-order valence-corrected chi connectivity index (χ2v) is 8.98.